The van der Waals surface area contributed by atoms with E-state index in [-0.39, 0.29) is 25.4 Å². The van der Waals surface area contributed by atoms with Gasteiger partial charge in [-0.3, -0.25) is 0 Å². The summed E-state index contributed by atoms with van der Waals surface area (Å²) in [6, 6.07) is 0. The number of hydrogen-bond donors (Lipinski definition) is 3. The van der Waals surface area contributed by atoms with Crippen molar-refractivity contribution < 1.29 is 38.6 Å². The van der Waals surface area contributed by atoms with Gasteiger partial charge < -0.3 is 29.5 Å². The van der Waals surface area contributed by atoms with Crippen LogP contribution in [-0.2, 0) is 23.3 Å². The highest BCUT2D eigenvalue weighted by Gasteiger charge is 2.46. The average Bonchev–Trinajstić information content (AvgIpc) is 2.47. The van der Waals surface area contributed by atoms with E-state index >= 15 is 0 Å². The molecule has 0 spiro atoms. The van der Waals surface area contributed by atoms with E-state index in [0.29, 0.717) is 0 Å². The maximum atomic E-state index is 12.0. The van der Waals surface area contributed by atoms with E-state index < -0.39 is 43.9 Å². The smallest absolute Gasteiger partial charge is 0.387 e. The standard InChI is InChI=1S/C16H32O8P/c1-15(2,3)22-8-7-21-14-13(19)12(18)11(17)10(24-14)9-23-25(20)16(4,5)6/h10-14,17-19H,7-9H2,1-6H3/q+1. The van der Waals surface area contributed by atoms with Gasteiger partial charge in [-0.1, -0.05) is 0 Å². The van der Waals surface area contributed by atoms with Crippen LogP contribution < -0.4 is 0 Å². The molecule has 1 aliphatic rings. The number of ether oxygens (including phenoxy) is 3. The van der Waals surface area contributed by atoms with Gasteiger partial charge in [0.2, 0.25) is 0 Å². The lowest BCUT2D eigenvalue weighted by Crippen LogP contribution is -2.59. The molecule has 9 heteroatoms. The summed E-state index contributed by atoms with van der Waals surface area (Å²) < 4.78 is 33.7. The Kier molecular flexibility index (Phi) is 8.37. The van der Waals surface area contributed by atoms with Crippen molar-refractivity contribution in [1.29, 1.82) is 0 Å². The first-order valence-electron chi connectivity index (χ1n) is 8.38. The van der Waals surface area contributed by atoms with Gasteiger partial charge in [-0.25, -0.2) is 0 Å². The minimum atomic E-state index is -1.98. The lowest BCUT2D eigenvalue weighted by molar-refractivity contribution is -0.302. The molecular weight excluding hydrogens is 351 g/mol. The van der Waals surface area contributed by atoms with Crippen LogP contribution in [0.1, 0.15) is 41.5 Å². The summed E-state index contributed by atoms with van der Waals surface area (Å²) in [6.45, 7) is 11.3. The second kappa shape index (κ2) is 9.15. The maximum absolute atomic E-state index is 12.0. The zero-order valence-corrected chi connectivity index (χ0v) is 16.7. The Morgan fingerprint density at radius 2 is 1.56 bits per heavy atom. The molecule has 0 aromatic carbocycles. The summed E-state index contributed by atoms with van der Waals surface area (Å²) in [5.74, 6) is 0. The summed E-state index contributed by atoms with van der Waals surface area (Å²) in [6.07, 6.45) is -6.33. The first kappa shape index (κ1) is 22.9. The molecule has 8 nitrogen and oxygen atoms in total. The molecule has 1 fully saturated rings. The van der Waals surface area contributed by atoms with Gasteiger partial charge in [-0.05, 0) is 46.1 Å². The van der Waals surface area contributed by atoms with Crippen molar-refractivity contribution in [1.82, 2.24) is 0 Å². The summed E-state index contributed by atoms with van der Waals surface area (Å²) in [5.41, 5.74) is -0.320. The van der Waals surface area contributed by atoms with Crippen LogP contribution in [0.4, 0.5) is 0 Å². The lowest BCUT2D eigenvalue weighted by atomic mass is 9.99. The first-order valence-corrected chi connectivity index (χ1v) is 9.56. The Morgan fingerprint density at radius 3 is 2.08 bits per heavy atom. The van der Waals surface area contributed by atoms with Crippen LogP contribution in [-0.4, -0.2) is 76.6 Å². The van der Waals surface area contributed by atoms with Gasteiger partial charge in [0.15, 0.2) is 11.4 Å². The monoisotopic (exact) mass is 383 g/mol. The van der Waals surface area contributed by atoms with Gasteiger partial charge in [0.25, 0.3) is 0 Å². The minimum Gasteiger partial charge on any atom is -0.387 e. The Balaban J connectivity index is 2.55. The summed E-state index contributed by atoms with van der Waals surface area (Å²) in [4.78, 5) is 0. The molecule has 0 saturated carbocycles. The molecule has 0 radical (unpaired) electrons. The summed E-state index contributed by atoms with van der Waals surface area (Å²) in [5, 5.41) is 29.5. The Labute approximate surface area is 150 Å². The molecule has 0 aliphatic carbocycles. The van der Waals surface area contributed by atoms with Crippen molar-refractivity contribution in [2.24, 2.45) is 0 Å². The molecule has 1 saturated heterocycles. The Bertz CT molecular complexity index is 431. The van der Waals surface area contributed by atoms with Gasteiger partial charge >= 0.3 is 8.03 Å². The second-order valence-corrected chi connectivity index (χ2v) is 10.2. The van der Waals surface area contributed by atoms with Crippen LogP contribution in [0.3, 0.4) is 0 Å². The molecule has 148 valence electrons. The highest BCUT2D eigenvalue weighted by molar-refractivity contribution is 7.41. The minimum absolute atomic E-state index is 0.144. The lowest BCUT2D eigenvalue weighted by Gasteiger charge is -2.39. The van der Waals surface area contributed by atoms with E-state index in [2.05, 4.69) is 0 Å². The fourth-order valence-corrected chi connectivity index (χ4v) is 2.71. The van der Waals surface area contributed by atoms with E-state index in [4.69, 9.17) is 18.7 Å². The highest BCUT2D eigenvalue weighted by Crippen LogP contribution is 2.39. The topological polar surface area (TPSA) is 115 Å². The Morgan fingerprint density at radius 1 is 0.960 bits per heavy atom. The zero-order valence-electron chi connectivity index (χ0n) is 15.8. The molecular formula is C16H32O8P+. The van der Waals surface area contributed by atoms with Crippen LogP contribution in [0.25, 0.3) is 0 Å². The van der Waals surface area contributed by atoms with Crippen molar-refractivity contribution in [3.05, 3.63) is 0 Å². The van der Waals surface area contributed by atoms with Gasteiger partial charge in [-0.15, -0.1) is 4.52 Å². The average molecular weight is 383 g/mol. The van der Waals surface area contributed by atoms with Crippen LogP contribution in [0.15, 0.2) is 0 Å². The fourth-order valence-electron chi connectivity index (χ4n) is 2.04. The van der Waals surface area contributed by atoms with Crippen molar-refractivity contribution in [3.8, 4) is 0 Å². The largest absolute Gasteiger partial charge is 0.513 e. The normalized spacial score (nSPS) is 31.9. The van der Waals surface area contributed by atoms with Crippen molar-refractivity contribution >= 4 is 8.03 Å². The molecule has 0 amide bonds. The molecule has 1 rings (SSSR count). The summed E-state index contributed by atoms with van der Waals surface area (Å²) in [7, 11) is -1.98. The van der Waals surface area contributed by atoms with Crippen molar-refractivity contribution in [2.45, 2.75) is 83.0 Å². The quantitative estimate of drug-likeness (QED) is 0.444. The molecule has 25 heavy (non-hydrogen) atoms. The van der Waals surface area contributed by atoms with Crippen LogP contribution >= 0.6 is 8.03 Å². The highest BCUT2D eigenvalue weighted by atomic mass is 31.1. The third-order valence-electron chi connectivity index (χ3n) is 3.47. The molecule has 0 bridgehead atoms. The summed E-state index contributed by atoms with van der Waals surface area (Å²) >= 11 is 0. The molecule has 0 aromatic heterocycles. The molecule has 3 N–H and O–H groups in total. The van der Waals surface area contributed by atoms with Gasteiger partial charge in [0.1, 0.15) is 31.0 Å². The number of aliphatic hydroxyl groups is 3. The third kappa shape index (κ3) is 7.53. The van der Waals surface area contributed by atoms with Crippen LogP contribution in [0.2, 0.25) is 0 Å². The predicted octanol–water partition coefficient (Wildman–Crippen LogP) is 1.18. The van der Waals surface area contributed by atoms with E-state index in [1.807, 2.05) is 20.8 Å². The van der Waals surface area contributed by atoms with Gasteiger partial charge in [0.05, 0.1) is 18.8 Å². The van der Waals surface area contributed by atoms with Gasteiger partial charge in [-0.2, -0.15) is 0 Å². The van der Waals surface area contributed by atoms with Crippen LogP contribution in [0.5, 0.6) is 0 Å². The van der Waals surface area contributed by atoms with E-state index in [1.165, 1.54) is 0 Å². The molecule has 1 heterocycles. The van der Waals surface area contributed by atoms with E-state index in [1.54, 1.807) is 20.8 Å². The van der Waals surface area contributed by atoms with E-state index in [9.17, 15) is 19.9 Å². The number of aliphatic hydroxyl groups excluding tert-OH is 3. The zero-order chi connectivity index (χ0) is 19.4. The number of rotatable bonds is 7. The van der Waals surface area contributed by atoms with Gasteiger partial charge in [0, 0.05) is 0 Å². The van der Waals surface area contributed by atoms with Crippen LogP contribution in [0, 0.1) is 0 Å². The third-order valence-corrected chi connectivity index (χ3v) is 4.95. The van der Waals surface area contributed by atoms with Crippen molar-refractivity contribution in [2.75, 3.05) is 19.8 Å². The van der Waals surface area contributed by atoms with Crippen molar-refractivity contribution in [3.63, 3.8) is 0 Å². The Hall–Kier alpha value is -0.180. The molecule has 0 aromatic rings. The molecule has 6 unspecified atom stereocenters. The first-order chi connectivity index (χ1) is 11.3. The maximum Gasteiger partial charge on any atom is 0.513 e. The SMILES string of the molecule is CC(C)(C)OCCOC1OC(CO[P+](=O)C(C)(C)C)C(O)C(O)C1O. The number of hydrogen-bond acceptors (Lipinski definition) is 8. The van der Waals surface area contributed by atoms with E-state index in [0.717, 1.165) is 0 Å². The predicted molar refractivity (Wildman–Crippen MR) is 91.6 cm³/mol. The molecule has 1 aliphatic heterocycles. The second-order valence-electron chi connectivity index (χ2n) is 8.07. The fraction of sp³-hybridized carbons (Fsp3) is 1.00. The molecule has 6 atom stereocenters.